The Morgan fingerprint density at radius 1 is 1.30 bits per heavy atom. The Bertz CT molecular complexity index is 1160. The van der Waals surface area contributed by atoms with E-state index in [9.17, 15) is 17.9 Å². The van der Waals surface area contributed by atoms with Crippen LogP contribution in [0.1, 0.15) is 54.2 Å². The van der Waals surface area contributed by atoms with E-state index in [2.05, 4.69) is 23.8 Å². The molecule has 3 rings (SSSR count). The number of unbranched alkanes of at least 4 members (excludes halogenated alkanes) is 3. The summed E-state index contributed by atoms with van der Waals surface area (Å²) in [5.74, 6) is -0.529. The zero-order chi connectivity index (χ0) is 24.0. The first-order valence-corrected chi connectivity index (χ1v) is 11.8. The highest BCUT2D eigenvalue weighted by molar-refractivity contribution is 7.76. The molecule has 1 N–H and O–H groups in total. The van der Waals surface area contributed by atoms with E-state index in [-0.39, 0.29) is 29.5 Å². The highest BCUT2D eigenvalue weighted by Gasteiger charge is 2.24. The largest absolute Gasteiger partial charge is 0.760 e. The Hall–Kier alpha value is -2.88. The number of hydrogen-bond acceptors (Lipinski definition) is 5. The molecule has 0 aliphatic rings. The Balaban J connectivity index is 2.05. The van der Waals surface area contributed by atoms with Gasteiger partial charge in [-0.3, -0.25) is 9.00 Å². The second-order valence-corrected chi connectivity index (χ2v) is 8.57. The summed E-state index contributed by atoms with van der Waals surface area (Å²) in [6.45, 7) is 6.35. The number of nitrogens with one attached hydrogen (secondary N) is 1. The number of amides is 1. The lowest BCUT2D eigenvalue weighted by atomic mass is 10.0. The monoisotopic (exact) mass is 472 g/mol. The molecule has 2 heterocycles. The van der Waals surface area contributed by atoms with Gasteiger partial charge in [0.05, 0.1) is 23.2 Å². The number of aromatic nitrogens is 1. The molecule has 176 valence electrons. The molecule has 2 aromatic heterocycles. The van der Waals surface area contributed by atoms with Gasteiger partial charge in [0, 0.05) is 30.4 Å². The topological polar surface area (TPSA) is 98.5 Å². The van der Waals surface area contributed by atoms with Gasteiger partial charge in [-0.05, 0) is 42.3 Å². The summed E-state index contributed by atoms with van der Waals surface area (Å²) in [5.41, 5.74) is 2.05. The van der Waals surface area contributed by atoms with Crippen molar-refractivity contribution in [2.24, 2.45) is 0 Å². The summed E-state index contributed by atoms with van der Waals surface area (Å²) in [4.78, 5) is 17.2. The molecule has 1 unspecified atom stereocenters. The van der Waals surface area contributed by atoms with Crippen molar-refractivity contribution < 1.29 is 22.4 Å². The molecule has 0 saturated carbocycles. The third kappa shape index (κ3) is 5.73. The van der Waals surface area contributed by atoms with Gasteiger partial charge in [-0.15, -0.1) is 0 Å². The molecule has 0 bridgehead atoms. The Morgan fingerprint density at radius 3 is 2.64 bits per heavy atom. The molecule has 9 heteroatoms. The van der Waals surface area contributed by atoms with Crippen molar-refractivity contribution in [3.8, 4) is 11.3 Å². The molecule has 0 aliphatic heterocycles. The quantitative estimate of drug-likeness (QED) is 0.319. The minimum absolute atomic E-state index is 0.0570. The van der Waals surface area contributed by atoms with Crippen LogP contribution in [0.4, 0.5) is 4.39 Å². The van der Waals surface area contributed by atoms with E-state index >= 15 is 0 Å². The van der Waals surface area contributed by atoms with Gasteiger partial charge in [0.15, 0.2) is 0 Å². The zero-order valence-electron chi connectivity index (χ0n) is 18.7. The molecule has 0 radical (unpaired) electrons. The van der Waals surface area contributed by atoms with E-state index in [4.69, 9.17) is 4.42 Å². The third-order valence-corrected chi connectivity index (χ3v) is 6.11. The van der Waals surface area contributed by atoms with Crippen LogP contribution in [-0.4, -0.2) is 37.6 Å². The van der Waals surface area contributed by atoms with E-state index in [1.54, 1.807) is 12.1 Å². The third-order valence-electron chi connectivity index (χ3n) is 5.37. The normalized spacial score (nSPS) is 12.3. The number of halogens is 1. The lowest BCUT2D eigenvalue weighted by Crippen LogP contribution is -2.27. The average Bonchev–Trinajstić information content (AvgIpc) is 3.18. The summed E-state index contributed by atoms with van der Waals surface area (Å²) in [5, 5.41) is 3.06. The molecule has 0 saturated heterocycles. The predicted molar refractivity (Wildman–Crippen MR) is 126 cm³/mol. The number of pyridine rings is 1. The number of hydrogen-bond donors (Lipinski definition) is 1. The van der Waals surface area contributed by atoms with Gasteiger partial charge in [-0.1, -0.05) is 38.8 Å². The van der Waals surface area contributed by atoms with Gasteiger partial charge in [0.2, 0.25) is 5.71 Å². The van der Waals surface area contributed by atoms with Crippen LogP contribution in [0.15, 0.2) is 41.3 Å². The average molecular weight is 473 g/mol. The van der Waals surface area contributed by atoms with Crippen molar-refractivity contribution in [3.63, 3.8) is 0 Å². The Morgan fingerprint density at radius 2 is 2.03 bits per heavy atom. The smallest absolute Gasteiger partial charge is 0.255 e. The number of carbonyl (C=O) groups is 1. The summed E-state index contributed by atoms with van der Waals surface area (Å²) in [7, 11) is 1.51. The lowest BCUT2D eigenvalue weighted by molar-refractivity contribution is 0.0964. The fourth-order valence-corrected chi connectivity index (χ4v) is 4.13. The number of benzene rings is 1. The van der Waals surface area contributed by atoms with Gasteiger partial charge in [-0.25, -0.2) is 13.7 Å². The van der Waals surface area contributed by atoms with Gasteiger partial charge in [0.25, 0.3) is 5.91 Å². The van der Waals surface area contributed by atoms with Crippen molar-refractivity contribution in [1.82, 2.24) is 14.6 Å². The first-order valence-electron chi connectivity index (χ1n) is 10.8. The molecule has 1 amide bonds. The minimum Gasteiger partial charge on any atom is -0.760 e. The van der Waals surface area contributed by atoms with Gasteiger partial charge >= 0.3 is 0 Å². The first-order chi connectivity index (χ1) is 15.9. The van der Waals surface area contributed by atoms with Crippen LogP contribution in [-0.2, 0) is 17.8 Å². The van der Waals surface area contributed by atoms with Gasteiger partial charge < -0.3 is 14.3 Å². The van der Waals surface area contributed by atoms with E-state index in [1.165, 1.54) is 35.6 Å². The lowest BCUT2D eigenvalue weighted by Gasteiger charge is -2.24. The molecular formula is C24H27FN3O4S-. The molecule has 0 fully saturated rings. The Kier molecular flexibility index (Phi) is 8.49. The molecule has 3 aromatic rings. The van der Waals surface area contributed by atoms with Crippen molar-refractivity contribution in [3.05, 3.63) is 59.5 Å². The molecule has 0 spiro atoms. The van der Waals surface area contributed by atoms with Crippen molar-refractivity contribution in [2.45, 2.75) is 39.2 Å². The SMILES string of the molecule is C=Cc1cc2c(C(=O)NC)c(-c3ccc(F)cc3)oc2nc1CN(CCCCCC)S(=O)[O-]. The second kappa shape index (κ2) is 11.3. The van der Waals surface area contributed by atoms with E-state index in [1.807, 2.05) is 0 Å². The highest BCUT2D eigenvalue weighted by atomic mass is 32.2. The summed E-state index contributed by atoms with van der Waals surface area (Å²) in [6, 6.07) is 7.32. The molecular weight excluding hydrogens is 445 g/mol. The molecule has 7 nitrogen and oxygen atoms in total. The summed E-state index contributed by atoms with van der Waals surface area (Å²) < 4.78 is 44.3. The van der Waals surface area contributed by atoms with Crippen LogP contribution < -0.4 is 5.32 Å². The van der Waals surface area contributed by atoms with Crippen LogP contribution in [0, 0.1) is 5.82 Å². The van der Waals surface area contributed by atoms with Crippen LogP contribution >= 0.6 is 0 Å². The fourth-order valence-electron chi connectivity index (χ4n) is 3.62. The van der Waals surface area contributed by atoms with Gasteiger partial charge in [-0.2, -0.15) is 0 Å². The fraction of sp³-hybridized carbons (Fsp3) is 0.333. The van der Waals surface area contributed by atoms with Gasteiger partial charge in [0.1, 0.15) is 11.6 Å². The maximum Gasteiger partial charge on any atom is 0.255 e. The minimum atomic E-state index is -2.41. The number of furan rings is 1. The maximum absolute atomic E-state index is 13.4. The molecule has 1 atom stereocenters. The molecule has 1 aromatic carbocycles. The number of rotatable bonds is 11. The summed E-state index contributed by atoms with van der Waals surface area (Å²) in [6.07, 6.45) is 5.37. The Labute approximate surface area is 195 Å². The van der Waals surface area contributed by atoms with Crippen LogP contribution in [0.25, 0.3) is 28.5 Å². The van der Waals surface area contributed by atoms with Crippen LogP contribution in [0.2, 0.25) is 0 Å². The standard InChI is InChI=1S/C24H28FN3O4S/c1-4-6-7-8-13-28(33(30)31)15-20-16(5-2)14-19-21(23(29)26-3)22(32-24(19)27-20)17-9-11-18(25)12-10-17/h5,9-12,14H,2,4,6-8,13,15H2,1,3H3,(H,26,29)(H,30,31)/p-1. The predicted octanol–water partition coefficient (Wildman–Crippen LogP) is 4.81. The summed E-state index contributed by atoms with van der Waals surface area (Å²) >= 11 is -2.41. The maximum atomic E-state index is 13.4. The molecule has 33 heavy (non-hydrogen) atoms. The van der Waals surface area contributed by atoms with Crippen LogP contribution in [0.5, 0.6) is 0 Å². The van der Waals surface area contributed by atoms with Crippen molar-refractivity contribution in [1.29, 1.82) is 0 Å². The van der Waals surface area contributed by atoms with Crippen molar-refractivity contribution >= 4 is 34.3 Å². The first kappa shape index (κ1) is 24.8. The zero-order valence-corrected chi connectivity index (χ0v) is 19.5. The van der Waals surface area contributed by atoms with E-state index in [0.29, 0.717) is 28.8 Å². The molecule has 0 aliphatic carbocycles. The highest BCUT2D eigenvalue weighted by Crippen LogP contribution is 2.34. The van der Waals surface area contributed by atoms with E-state index < -0.39 is 17.1 Å². The second-order valence-electron chi connectivity index (χ2n) is 7.61. The van der Waals surface area contributed by atoms with Crippen molar-refractivity contribution in [2.75, 3.05) is 13.6 Å². The van der Waals surface area contributed by atoms with Crippen LogP contribution in [0.3, 0.4) is 0 Å². The number of fused-ring (bicyclic) bond motifs is 1. The van der Waals surface area contributed by atoms with E-state index in [0.717, 1.165) is 25.7 Å². The number of nitrogens with zero attached hydrogens (tertiary/aromatic N) is 2. The number of carbonyl (C=O) groups excluding carboxylic acids is 1.